The molecular formula is C15H9Cl2F2N5. The summed E-state index contributed by atoms with van der Waals surface area (Å²) in [7, 11) is 0. The van der Waals surface area contributed by atoms with Crippen LogP contribution in [0.15, 0.2) is 42.6 Å². The normalized spacial score (nSPS) is 10.5. The van der Waals surface area contributed by atoms with Crippen LogP contribution in [0.2, 0.25) is 10.0 Å². The predicted molar refractivity (Wildman–Crippen MR) is 89.2 cm³/mol. The Kier molecular flexibility index (Phi) is 4.73. The molecule has 0 unspecified atom stereocenters. The van der Waals surface area contributed by atoms with Gasteiger partial charge in [0.1, 0.15) is 17.3 Å². The number of benzene rings is 2. The number of hydrogen-bond acceptors (Lipinski definition) is 5. The van der Waals surface area contributed by atoms with E-state index >= 15 is 0 Å². The minimum atomic E-state index is -0.766. The molecule has 0 amide bonds. The summed E-state index contributed by atoms with van der Waals surface area (Å²) < 4.78 is 27.3. The van der Waals surface area contributed by atoms with E-state index < -0.39 is 11.6 Å². The van der Waals surface area contributed by atoms with Crippen LogP contribution >= 0.6 is 23.2 Å². The minimum absolute atomic E-state index is 0.0749. The molecule has 2 N–H and O–H groups in total. The molecule has 0 atom stereocenters. The first kappa shape index (κ1) is 16.4. The number of halogens is 4. The van der Waals surface area contributed by atoms with Gasteiger partial charge in [-0.1, -0.05) is 29.3 Å². The van der Waals surface area contributed by atoms with E-state index in [1.54, 1.807) is 18.2 Å². The second-order valence-corrected chi connectivity index (χ2v) is 5.48. The van der Waals surface area contributed by atoms with Crippen LogP contribution in [0.3, 0.4) is 0 Å². The molecule has 2 aromatic carbocycles. The number of rotatable bonds is 4. The van der Waals surface area contributed by atoms with Crippen LogP contribution in [0.25, 0.3) is 0 Å². The molecule has 0 spiro atoms. The molecule has 1 aromatic heterocycles. The highest BCUT2D eigenvalue weighted by Crippen LogP contribution is 2.28. The van der Waals surface area contributed by atoms with E-state index in [1.165, 1.54) is 12.3 Å². The summed E-state index contributed by atoms with van der Waals surface area (Å²) >= 11 is 11.9. The van der Waals surface area contributed by atoms with Crippen LogP contribution in [-0.4, -0.2) is 15.2 Å². The molecular weight excluding hydrogens is 359 g/mol. The quantitative estimate of drug-likeness (QED) is 0.683. The lowest BCUT2D eigenvalue weighted by molar-refractivity contribution is 0.590. The number of aromatic nitrogens is 3. The second-order valence-electron chi connectivity index (χ2n) is 4.64. The summed E-state index contributed by atoms with van der Waals surface area (Å²) in [5, 5.41) is 13.7. The fourth-order valence-corrected chi connectivity index (χ4v) is 2.33. The summed E-state index contributed by atoms with van der Waals surface area (Å²) in [5.41, 5.74) is 0.186. The Morgan fingerprint density at radius 3 is 2.42 bits per heavy atom. The Labute approximate surface area is 145 Å². The summed E-state index contributed by atoms with van der Waals surface area (Å²) in [6.45, 7) is 0. The van der Waals surface area contributed by atoms with Crippen molar-refractivity contribution in [2.75, 3.05) is 10.6 Å². The maximum Gasteiger partial charge on any atom is 0.249 e. The third-order valence-corrected chi connectivity index (χ3v) is 3.50. The third kappa shape index (κ3) is 3.69. The fraction of sp³-hybridized carbons (Fsp3) is 0. The number of hydrogen-bond donors (Lipinski definition) is 2. The molecule has 9 heteroatoms. The van der Waals surface area contributed by atoms with E-state index in [2.05, 4.69) is 25.8 Å². The van der Waals surface area contributed by atoms with E-state index in [0.29, 0.717) is 15.7 Å². The lowest BCUT2D eigenvalue weighted by Gasteiger charge is -2.10. The van der Waals surface area contributed by atoms with Crippen molar-refractivity contribution >= 4 is 46.3 Å². The molecule has 0 saturated heterocycles. The maximum atomic E-state index is 13.7. The zero-order valence-corrected chi connectivity index (χ0v) is 13.4. The van der Waals surface area contributed by atoms with Crippen LogP contribution in [0.1, 0.15) is 0 Å². The van der Waals surface area contributed by atoms with Gasteiger partial charge < -0.3 is 10.6 Å². The Hall–Kier alpha value is -2.51. The van der Waals surface area contributed by atoms with Crippen molar-refractivity contribution < 1.29 is 8.78 Å². The zero-order valence-electron chi connectivity index (χ0n) is 11.9. The van der Waals surface area contributed by atoms with Gasteiger partial charge in [-0.15, -0.1) is 5.10 Å². The maximum absolute atomic E-state index is 13.7. The highest BCUT2D eigenvalue weighted by Gasteiger charge is 2.11. The Bertz CT molecular complexity index is 871. The molecule has 24 heavy (non-hydrogen) atoms. The molecule has 0 aliphatic rings. The third-order valence-electron chi connectivity index (χ3n) is 2.95. The molecule has 3 aromatic rings. The molecule has 3 rings (SSSR count). The van der Waals surface area contributed by atoms with Crippen LogP contribution in [0.4, 0.5) is 31.9 Å². The predicted octanol–water partition coefficient (Wildman–Crippen LogP) is 4.94. The largest absolute Gasteiger partial charge is 0.338 e. The van der Waals surface area contributed by atoms with Crippen molar-refractivity contribution in [2.24, 2.45) is 0 Å². The molecule has 122 valence electrons. The van der Waals surface area contributed by atoms with Gasteiger partial charge >= 0.3 is 0 Å². The highest BCUT2D eigenvalue weighted by molar-refractivity contribution is 6.36. The standard InChI is InChI=1S/C15H9Cl2F2N5/c16-8-4-5-12(9(17)6-8)21-13-7-20-24-15(22-13)23-14-10(18)2-1-3-11(14)19/h1-7H,(H2,21,22,23,24). The average molecular weight is 368 g/mol. The lowest BCUT2D eigenvalue weighted by atomic mass is 10.3. The van der Waals surface area contributed by atoms with Crippen molar-refractivity contribution in [1.82, 2.24) is 15.2 Å². The summed E-state index contributed by atoms with van der Waals surface area (Å²) in [4.78, 5) is 4.09. The van der Waals surface area contributed by atoms with E-state index in [0.717, 1.165) is 12.1 Å². The first-order valence-corrected chi connectivity index (χ1v) is 7.41. The van der Waals surface area contributed by atoms with E-state index in [-0.39, 0.29) is 17.5 Å². The molecule has 0 saturated carbocycles. The van der Waals surface area contributed by atoms with Crippen molar-refractivity contribution in [1.29, 1.82) is 0 Å². The Morgan fingerprint density at radius 2 is 1.71 bits per heavy atom. The smallest absolute Gasteiger partial charge is 0.249 e. The summed E-state index contributed by atoms with van der Waals surface area (Å²) in [5.74, 6) is -1.32. The second kappa shape index (κ2) is 6.94. The van der Waals surface area contributed by atoms with Gasteiger partial charge in [-0.3, -0.25) is 0 Å². The molecule has 0 aliphatic heterocycles. The van der Waals surface area contributed by atoms with E-state index in [9.17, 15) is 8.78 Å². The number of anilines is 4. The number of nitrogens with one attached hydrogen (secondary N) is 2. The topological polar surface area (TPSA) is 62.7 Å². The molecule has 1 heterocycles. The van der Waals surface area contributed by atoms with Gasteiger partial charge in [-0.05, 0) is 30.3 Å². The summed E-state index contributed by atoms with van der Waals surface area (Å²) in [6.07, 6.45) is 1.34. The molecule has 0 bridgehead atoms. The number of nitrogens with zero attached hydrogens (tertiary/aromatic N) is 3. The highest BCUT2D eigenvalue weighted by atomic mass is 35.5. The van der Waals surface area contributed by atoms with Gasteiger partial charge in [-0.25, -0.2) is 8.78 Å². The van der Waals surface area contributed by atoms with Crippen LogP contribution in [0, 0.1) is 11.6 Å². The fourth-order valence-electron chi connectivity index (χ4n) is 1.87. The molecule has 5 nitrogen and oxygen atoms in total. The lowest BCUT2D eigenvalue weighted by Crippen LogP contribution is -2.05. The minimum Gasteiger partial charge on any atom is -0.338 e. The van der Waals surface area contributed by atoms with E-state index in [4.69, 9.17) is 23.2 Å². The van der Waals surface area contributed by atoms with E-state index in [1.807, 2.05) is 0 Å². The van der Waals surface area contributed by atoms with Gasteiger partial charge in [0, 0.05) is 5.02 Å². The SMILES string of the molecule is Fc1cccc(F)c1Nc1nncc(Nc2ccc(Cl)cc2Cl)n1. The van der Waals surface area contributed by atoms with Crippen molar-refractivity contribution in [3.8, 4) is 0 Å². The van der Waals surface area contributed by atoms with Crippen molar-refractivity contribution in [3.63, 3.8) is 0 Å². The Morgan fingerprint density at radius 1 is 0.958 bits per heavy atom. The first-order valence-electron chi connectivity index (χ1n) is 6.66. The van der Waals surface area contributed by atoms with Gasteiger partial charge in [0.15, 0.2) is 5.82 Å². The molecule has 0 radical (unpaired) electrons. The average Bonchev–Trinajstić information content (AvgIpc) is 2.54. The van der Waals surface area contributed by atoms with Gasteiger partial charge in [0.05, 0.1) is 16.9 Å². The van der Waals surface area contributed by atoms with Crippen molar-refractivity contribution in [2.45, 2.75) is 0 Å². The zero-order chi connectivity index (χ0) is 17.1. The first-order chi connectivity index (χ1) is 11.5. The van der Waals surface area contributed by atoms with Crippen LogP contribution < -0.4 is 10.6 Å². The van der Waals surface area contributed by atoms with Gasteiger partial charge in [-0.2, -0.15) is 10.1 Å². The monoisotopic (exact) mass is 367 g/mol. The van der Waals surface area contributed by atoms with Crippen LogP contribution in [-0.2, 0) is 0 Å². The van der Waals surface area contributed by atoms with Gasteiger partial charge in [0.25, 0.3) is 0 Å². The van der Waals surface area contributed by atoms with Crippen LogP contribution in [0.5, 0.6) is 0 Å². The van der Waals surface area contributed by atoms with Crippen molar-refractivity contribution in [3.05, 3.63) is 64.3 Å². The molecule has 0 aliphatic carbocycles. The summed E-state index contributed by atoms with van der Waals surface area (Å²) in [6, 6.07) is 8.38. The number of para-hydroxylation sites is 1. The Balaban J connectivity index is 1.84. The molecule has 0 fully saturated rings. The van der Waals surface area contributed by atoms with Gasteiger partial charge in [0.2, 0.25) is 5.95 Å².